The van der Waals surface area contributed by atoms with Gasteiger partial charge in [-0.3, -0.25) is 9.69 Å². The molecule has 1 aromatic carbocycles. The highest BCUT2D eigenvalue weighted by Gasteiger charge is 2.22. The number of benzene rings is 1. The average molecular weight is 269 g/mol. The molecule has 104 valence electrons. The third kappa shape index (κ3) is 2.47. The van der Waals surface area contributed by atoms with Gasteiger partial charge >= 0.3 is 0 Å². The summed E-state index contributed by atoms with van der Waals surface area (Å²) in [6, 6.07) is 9.91. The van der Waals surface area contributed by atoms with E-state index in [1.807, 2.05) is 41.3 Å². The number of aromatic amines is 1. The van der Waals surface area contributed by atoms with Crippen molar-refractivity contribution in [1.82, 2.24) is 14.8 Å². The minimum absolute atomic E-state index is 0.0967. The van der Waals surface area contributed by atoms with E-state index >= 15 is 0 Å². The molecule has 0 atom stereocenters. The summed E-state index contributed by atoms with van der Waals surface area (Å²) in [5.74, 6) is 0.0967. The number of carbonyl (C=O) groups excluding carboxylic acids is 1. The van der Waals surface area contributed by atoms with Crippen LogP contribution in [-0.2, 0) is 0 Å². The van der Waals surface area contributed by atoms with E-state index in [1.54, 1.807) is 0 Å². The van der Waals surface area contributed by atoms with Crippen molar-refractivity contribution in [2.75, 3.05) is 32.7 Å². The molecule has 0 spiro atoms. The van der Waals surface area contributed by atoms with Crippen LogP contribution in [0.1, 0.15) is 10.5 Å². The SMILES string of the molecule is C=CCN1CCN(C(=O)c2cc3ccccc3[nH]2)CC1. The number of carbonyl (C=O) groups is 1. The van der Waals surface area contributed by atoms with Gasteiger partial charge in [0, 0.05) is 43.6 Å². The predicted molar refractivity (Wildman–Crippen MR) is 80.8 cm³/mol. The average Bonchev–Trinajstić information content (AvgIpc) is 2.91. The number of hydrogen-bond acceptors (Lipinski definition) is 2. The molecule has 3 rings (SSSR count). The van der Waals surface area contributed by atoms with Crippen LogP contribution in [0.5, 0.6) is 0 Å². The second-order valence-electron chi connectivity index (χ2n) is 5.15. The number of nitrogens with one attached hydrogen (secondary N) is 1. The molecule has 20 heavy (non-hydrogen) atoms. The lowest BCUT2D eigenvalue weighted by atomic mass is 10.2. The molecule has 0 saturated carbocycles. The summed E-state index contributed by atoms with van der Waals surface area (Å²) in [5, 5.41) is 1.08. The van der Waals surface area contributed by atoms with E-state index in [2.05, 4.69) is 16.5 Å². The van der Waals surface area contributed by atoms with Crippen LogP contribution in [0.2, 0.25) is 0 Å². The lowest BCUT2D eigenvalue weighted by Crippen LogP contribution is -2.48. The molecule has 1 aromatic heterocycles. The molecule has 0 bridgehead atoms. The van der Waals surface area contributed by atoms with Gasteiger partial charge in [-0.15, -0.1) is 6.58 Å². The summed E-state index contributed by atoms with van der Waals surface area (Å²) in [5.41, 5.74) is 1.70. The minimum atomic E-state index is 0.0967. The molecule has 1 fully saturated rings. The Morgan fingerprint density at radius 3 is 2.70 bits per heavy atom. The first-order valence-corrected chi connectivity index (χ1v) is 6.98. The lowest BCUT2D eigenvalue weighted by Gasteiger charge is -2.33. The summed E-state index contributed by atoms with van der Waals surface area (Å²) in [6.07, 6.45) is 1.91. The zero-order chi connectivity index (χ0) is 13.9. The number of H-pyrrole nitrogens is 1. The van der Waals surface area contributed by atoms with Gasteiger partial charge in [0.25, 0.3) is 5.91 Å². The molecule has 2 aromatic rings. The molecule has 1 aliphatic heterocycles. The number of rotatable bonds is 3. The third-order valence-electron chi connectivity index (χ3n) is 3.81. The normalized spacial score (nSPS) is 16.5. The van der Waals surface area contributed by atoms with Crippen LogP contribution < -0.4 is 0 Å². The molecule has 1 saturated heterocycles. The largest absolute Gasteiger partial charge is 0.351 e. The number of piperazine rings is 1. The highest BCUT2D eigenvalue weighted by Crippen LogP contribution is 2.16. The van der Waals surface area contributed by atoms with E-state index in [-0.39, 0.29) is 5.91 Å². The maximum Gasteiger partial charge on any atom is 0.270 e. The topological polar surface area (TPSA) is 39.3 Å². The molecule has 1 amide bonds. The van der Waals surface area contributed by atoms with Crippen molar-refractivity contribution in [2.45, 2.75) is 0 Å². The Hall–Kier alpha value is -2.07. The van der Waals surface area contributed by atoms with Gasteiger partial charge in [-0.05, 0) is 12.1 Å². The summed E-state index contributed by atoms with van der Waals surface area (Å²) < 4.78 is 0. The van der Waals surface area contributed by atoms with Crippen molar-refractivity contribution in [2.24, 2.45) is 0 Å². The van der Waals surface area contributed by atoms with Crippen LogP contribution in [0.15, 0.2) is 43.0 Å². The highest BCUT2D eigenvalue weighted by atomic mass is 16.2. The second kappa shape index (κ2) is 5.51. The number of nitrogens with zero attached hydrogens (tertiary/aromatic N) is 2. The summed E-state index contributed by atoms with van der Waals surface area (Å²) >= 11 is 0. The van der Waals surface area contributed by atoms with Crippen molar-refractivity contribution >= 4 is 16.8 Å². The fourth-order valence-electron chi connectivity index (χ4n) is 2.68. The van der Waals surface area contributed by atoms with E-state index in [0.29, 0.717) is 5.69 Å². The fraction of sp³-hybridized carbons (Fsp3) is 0.312. The number of aromatic nitrogens is 1. The van der Waals surface area contributed by atoms with Gasteiger partial charge in [-0.25, -0.2) is 0 Å². The molecular weight excluding hydrogens is 250 g/mol. The Kier molecular flexibility index (Phi) is 3.56. The van der Waals surface area contributed by atoms with Gasteiger partial charge in [0.2, 0.25) is 0 Å². The predicted octanol–water partition coefficient (Wildman–Crippen LogP) is 2.11. The summed E-state index contributed by atoms with van der Waals surface area (Å²) in [7, 11) is 0. The molecule has 1 N–H and O–H groups in total. The van der Waals surface area contributed by atoms with Crippen molar-refractivity contribution in [3.63, 3.8) is 0 Å². The van der Waals surface area contributed by atoms with Crippen LogP contribution in [0.3, 0.4) is 0 Å². The molecule has 1 aliphatic rings. The Balaban J connectivity index is 1.71. The first kappa shape index (κ1) is 12.9. The molecule has 4 nitrogen and oxygen atoms in total. The van der Waals surface area contributed by atoms with Crippen molar-refractivity contribution in [3.8, 4) is 0 Å². The highest BCUT2D eigenvalue weighted by molar-refractivity contribution is 5.98. The Labute approximate surface area is 118 Å². The Morgan fingerprint density at radius 2 is 2.00 bits per heavy atom. The van der Waals surface area contributed by atoms with E-state index in [1.165, 1.54) is 0 Å². The minimum Gasteiger partial charge on any atom is -0.351 e. The van der Waals surface area contributed by atoms with Crippen LogP contribution in [0.4, 0.5) is 0 Å². The number of para-hydroxylation sites is 1. The maximum absolute atomic E-state index is 12.5. The van der Waals surface area contributed by atoms with Crippen molar-refractivity contribution in [3.05, 3.63) is 48.7 Å². The van der Waals surface area contributed by atoms with Gasteiger partial charge in [0.15, 0.2) is 0 Å². The second-order valence-corrected chi connectivity index (χ2v) is 5.15. The van der Waals surface area contributed by atoms with E-state index < -0.39 is 0 Å². The standard InChI is InChI=1S/C16H19N3O/c1-2-7-18-8-10-19(11-9-18)16(20)15-12-13-5-3-4-6-14(13)17-15/h2-6,12,17H,1,7-11H2. The third-order valence-corrected chi connectivity index (χ3v) is 3.81. The fourth-order valence-corrected chi connectivity index (χ4v) is 2.68. The van der Waals surface area contributed by atoms with Crippen LogP contribution in [-0.4, -0.2) is 53.4 Å². The molecular formula is C16H19N3O. The molecule has 0 radical (unpaired) electrons. The molecule has 2 heterocycles. The molecule has 0 unspecified atom stereocenters. The Bertz CT molecular complexity index is 590. The van der Waals surface area contributed by atoms with Gasteiger partial charge in [-0.2, -0.15) is 0 Å². The monoisotopic (exact) mass is 269 g/mol. The van der Waals surface area contributed by atoms with E-state index in [4.69, 9.17) is 0 Å². The maximum atomic E-state index is 12.5. The van der Waals surface area contributed by atoms with E-state index in [0.717, 1.165) is 43.6 Å². The summed E-state index contributed by atoms with van der Waals surface area (Å²) in [6.45, 7) is 8.04. The lowest BCUT2D eigenvalue weighted by molar-refractivity contribution is 0.0645. The van der Waals surface area contributed by atoms with Gasteiger partial charge in [-0.1, -0.05) is 24.3 Å². The van der Waals surface area contributed by atoms with Crippen LogP contribution in [0.25, 0.3) is 10.9 Å². The number of amides is 1. The van der Waals surface area contributed by atoms with Crippen LogP contribution >= 0.6 is 0 Å². The molecule has 0 aliphatic carbocycles. The van der Waals surface area contributed by atoms with Gasteiger partial charge in [0.05, 0.1) is 0 Å². The van der Waals surface area contributed by atoms with Crippen molar-refractivity contribution in [1.29, 1.82) is 0 Å². The zero-order valence-corrected chi connectivity index (χ0v) is 11.5. The Morgan fingerprint density at radius 1 is 1.25 bits per heavy atom. The summed E-state index contributed by atoms with van der Waals surface area (Å²) in [4.78, 5) is 19.9. The number of fused-ring (bicyclic) bond motifs is 1. The first-order chi connectivity index (χ1) is 9.78. The van der Waals surface area contributed by atoms with Crippen molar-refractivity contribution < 1.29 is 4.79 Å². The van der Waals surface area contributed by atoms with Gasteiger partial charge < -0.3 is 9.88 Å². The smallest absolute Gasteiger partial charge is 0.270 e. The van der Waals surface area contributed by atoms with Crippen LogP contribution in [0, 0.1) is 0 Å². The van der Waals surface area contributed by atoms with Gasteiger partial charge in [0.1, 0.15) is 5.69 Å². The molecule has 4 heteroatoms. The quantitative estimate of drug-likeness (QED) is 0.867. The zero-order valence-electron chi connectivity index (χ0n) is 11.5. The van der Waals surface area contributed by atoms with E-state index in [9.17, 15) is 4.79 Å². The number of hydrogen-bond donors (Lipinski definition) is 1. The first-order valence-electron chi connectivity index (χ1n) is 6.98.